The molecule has 3 fully saturated rings. The highest BCUT2D eigenvalue weighted by atomic mass is 16.5. The van der Waals surface area contributed by atoms with Gasteiger partial charge in [-0.15, -0.1) is 0 Å². The van der Waals surface area contributed by atoms with Crippen molar-refractivity contribution in [2.45, 2.75) is 114 Å². The normalized spacial score (nSPS) is 23.2. The van der Waals surface area contributed by atoms with E-state index in [1.165, 1.54) is 25.7 Å². The second-order valence-electron chi connectivity index (χ2n) is 17.7. The maximum atomic E-state index is 13.0. The van der Waals surface area contributed by atoms with Gasteiger partial charge in [-0.2, -0.15) is 0 Å². The van der Waals surface area contributed by atoms with Crippen molar-refractivity contribution >= 4 is 56.8 Å². The average Bonchev–Trinajstić information content (AvgIpc) is 4.06. The monoisotopic (exact) mass is 765 g/mol. The van der Waals surface area contributed by atoms with E-state index in [0.29, 0.717) is 37.8 Å². The minimum absolute atomic E-state index is 0.00633. The molecule has 0 unspecified atom stereocenters. The highest BCUT2D eigenvalue weighted by Crippen LogP contribution is 2.50. The lowest BCUT2D eigenvalue weighted by Gasteiger charge is -2.38. The molecule has 57 heavy (non-hydrogen) atoms. The van der Waals surface area contributed by atoms with E-state index in [-0.39, 0.29) is 11.8 Å². The molecule has 1 spiro atoms. The molecule has 292 valence electrons. The number of carbonyl (C=O) groups excluding carboxylic acids is 2. The van der Waals surface area contributed by atoms with E-state index in [2.05, 4.69) is 62.8 Å². The van der Waals surface area contributed by atoms with Gasteiger partial charge in [0.2, 0.25) is 11.8 Å². The third-order valence-electron chi connectivity index (χ3n) is 12.8. The number of hydrogen-bond acceptors (Lipinski definition) is 10. The summed E-state index contributed by atoms with van der Waals surface area (Å²) >= 11 is 0. The van der Waals surface area contributed by atoms with Gasteiger partial charge in [0, 0.05) is 40.7 Å². The fourth-order valence-electron chi connectivity index (χ4n) is 8.83. The van der Waals surface area contributed by atoms with Gasteiger partial charge in [0.25, 0.3) is 0 Å². The quantitative estimate of drug-likeness (QED) is 0.110. The molecule has 3 aliphatic carbocycles. The molecule has 6 aromatic rings. The third-order valence-corrected chi connectivity index (χ3v) is 12.8. The van der Waals surface area contributed by atoms with Gasteiger partial charge in [0.15, 0.2) is 22.8 Å². The number of anilines is 4. The van der Waals surface area contributed by atoms with Crippen LogP contribution in [0.3, 0.4) is 0 Å². The molecule has 5 heterocycles. The van der Waals surface area contributed by atoms with Crippen LogP contribution in [-0.4, -0.2) is 49.9 Å². The second kappa shape index (κ2) is 12.6. The van der Waals surface area contributed by atoms with Crippen molar-refractivity contribution in [1.82, 2.24) is 15.3 Å². The Morgan fingerprint density at radius 3 is 1.82 bits per heavy atom. The third kappa shape index (κ3) is 5.95. The van der Waals surface area contributed by atoms with Gasteiger partial charge in [-0.3, -0.25) is 14.6 Å². The Bertz CT molecular complexity index is 2640. The van der Waals surface area contributed by atoms with Crippen molar-refractivity contribution in [3.05, 3.63) is 77.1 Å². The largest absolute Gasteiger partial charge is 0.390 e. The number of amides is 2. The first-order valence-corrected chi connectivity index (χ1v) is 20.1. The summed E-state index contributed by atoms with van der Waals surface area (Å²) in [5.41, 5.74) is 9.25. The summed E-state index contributed by atoms with van der Waals surface area (Å²) in [7, 11) is 0. The molecule has 0 saturated heterocycles. The van der Waals surface area contributed by atoms with E-state index in [9.17, 15) is 14.7 Å². The number of benzene rings is 3. The molecular weight excluding hydrogens is 719 g/mol. The van der Waals surface area contributed by atoms with E-state index in [4.69, 9.17) is 14.0 Å². The molecule has 0 radical (unpaired) electrons. The van der Waals surface area contributed by atoms with Crippen LogP contribution in [0.5, 0.6) is 0 Å². The molecule has 3 saturated carbocycles. The number of nitrogens with one attached hydrogen (secondary N) is 4. The minimum Gasteiger partial charge on any atom is -0.390 e. The first-order chi connectivity index (χ1) is 27.3. The Morgan fingerprint density at radius 2 is 1.25 bits per heavy atom. The van der Waals surface area contributed by atoms with Crippen molar-refractivity contribution in [3.8, 4) is 22.3 Å². The van der Waals surface area contributed by atoms with Crippen LogP contribution in [0.2, 0.25) is 0 Å². The molecular formula is C45H47N7O5. The van der Waals surface area contributed by atoms with Gasteiger partial charge in [0.05, 0.1) is 38.6 Å². The number of aromatic nitrogens is 3. The second-order valence-corrected chi connectivity index (χ2v) is 17.7. The van der Waals surface area contributed by atoms with Crippen LogP contribution in [0.15, 0.2) is 63.8 Å². The summed E-state index contributed by atoms with van der Waals surface area (Å²) in [6.45, 7) is 9.86. The predicted octanol–water partition coefficient (Wildman–Crippen LogP) is 8.89. The number of pyridine rings is 1. The fraction of sp³-hybridized carbons (Fsp3) is 0.400. The van der Waals surface area contributed by atoms with Crippen molar-refractivity contribution in [3.63, 3.8) is 0 Å². The number of rotatable bonds is 6. The van der Waals surface area contributed by atoms with Crippen LogP contribution in [0.4, 0.5) is 23.0 Å². The van der Waals surface area contributed by atoms with Crippen molar-refractivity contribution in [2.24, 2.45) is 0 Å². The van der Waals surface area contributed by atoms with E-state index in [1.807, 2.05) is 58.2 Å². The number of aryl methyl sites for hydroxylation is 2. The first-order valence-electron chi connectivity index (χ1n) is 20.1. The molecule has 0 bridgehead atoms. The SMILES string of the molecule is Cc1ccc2c(NC3CC3)noc2c1-c1ccc2c(c1)NC(=O)C2(C)C.Cc1ccc2c(NC3CC3)noc2c1-c1cnc2c(c1)NC(=O)C21CCC(C)(O)CC1. The predicted molar refractivity (Wildman–Crippen MR) is 221 cm³/mol. The van der Waals surface area contributed by atoms with E-state index < -0.39 is 16.4 Å². The molecule has 3 aromatic carbocycles. The lowest BCUT2D eigenvalue weighted by Crippen LogP contribution is -2.43. The number of hydrogen-bond donors (Lipinski definition) is 5. The Hall–Kier alpha value is -5.75. The maximum Gasteiger partial charge on any atom is 0.236 e. The summed E-state index contributed by atoms with van der Waals surface area (Å²) in [5, 5.41) is 33.8. The van der Waals surface area contributed by atoms with Crippen molar-refractivity contribution in [1.29, 1.82) is 0 Å². The zero-order valence-corrected chi connectivity index (χ0v) is 32.9. The van der Waals surface area contributed by atoms with Crippen LogP contribution in [0.25, 0.3) is 44.2 Å². The zero-order chi connectivity index (χ0) is 39.4. The highest BCUT2D eigenvalue weighted by Gasteiger charge is 2.52. The van der Waals surface area contributed by atoms with Gasteiger partial charge in [0.1, 0.15) is 0 Å². The molecule has 2 amide bonds. The highest BCUT2D eigenvalue weighted by molar-refractivity contribution is 6.08. The number of fused-ring (bicyclic) bond motifs is 5. The molecule has 0 atom stereocenters. The summed E-state index contributed by atoms with van der Waals surface area (Å²) in [6.07, 6.45) is 8.95. The molecule has 12 heteroatoms. The standard InChI is InChI=1S/C24H26N4O3.C21H21N3O2/c1-13-3-6-16-19(31-28-21(16)26-15-4-5-15)18(13)14-11-17-20(25-12-14)24(22(29)27-17)9-7-23(2,30)8-10-24;1-11-4-8-14-18(26-24-19(14)22-13-6-7-13)17(11)12-5-9-15-16(10-12)23-20(25)21(15,2)3/h3,6,11-12,15,30H,4-5,7-10H2,1-2H3,(H,26,28)(H,27,29);4-5,8-10,13H,6-7H2,1-3H3,(H,22,24)(H,23,25). The molecule has 5 N–H and O–H groups in total. The van der Waals surface area contributed by atoms with Gasteiger partial charge in [-0.25, -0.2) is 0 Å². The van der Waals surface area contributed by atoms with Gasteiger partial charge >= 0.3 is 0 Å². The van der Waals surface area contributed by atoms with Crippen molar-refractivity contribution < 1.29 is 23.7 Å². The van der Waals surface area contributed by atoms with Crippen LogP contribution >= 0.6 is 0 Å². The van der Waals surface area contributed by atoms with E-state index in [1.54, 1.807) is 0 Å². The molecule has 11 rings (SSSR count). The molecule has 3 aromatic heterocycles. The molecule has 12 nitrogen and oxygen atoms in total. The Labute approximate surface area is 330 Å². The van der Waals surface area contributed by atoms with Crippen LogP contribution in [-0.2, 0) is 20.4 Å². The Kier molecular flexibility index (Phi) is 7.90. The minimum atomic E-state index is -0.709. The van der Waals surface area contributed by atoms with Gasteiger partial charge < -0.3 is 35.4 Å². The number of nitrogens with zero attached hydrogens (tertiary/aromatic N) is 3. The summed E-state index contributed by atoms with van der Waals surface area (Å²) in [6, 6.07) is 17.4. The first kappa shape index (κ1) is 35.6. The smallest absolute Gasteiger partial charge is 0.236 e. The van der Waals surface area contributed by atoms with E-state index >= 15 is 0 Å². The fourth-order valence-corrected chi connectivity index (χ4v) is 8.83. The molecule has 2 aliphatic heterocycles. The van der Waals surface area contributed by atoms with Crippen molar-refractivity contribution in [2.75, 3.05) is 21.3 Å². The van der Waals surface area contributed by atoms with Gasteiger partial charge in [-0.05, 0) is 133 Å². The molecule has 5 aliphatic rings. The lowest BCUT2D eigenvalue weighted by molar-refractivity contribution is -0.124. The van der Waals surface area contributed by atoms with Crippen LogP contribution in [0.1, 0.15) is 94.5 Å². The van der Waals surface area contributed by atoms with Crippen LogP contribution in [0, 0.1) is 13.8 Å². The summed E-state index contributed by atoms with van der Waals surface area (Å²) in [5.74, 6) is 1.64. The number of carbonyl (C=O) groups is 2. The Balaban J connectivity index is 0.000000141. The topological polar surface area (TPSA) is 167 Å². The summed E-state index contributed by atoms with van der Waals surface area (Å²) < 4.78 is 11.5. The zero-order valence-electron chi connectivity index (χ0n) is 32.9. The summed E-state index contributed by atoms with van der Waals surface area (Å²) in [4.78, 5) is 30.0. The lowest BCUT2D eigenvalue weighted by atomic mass is 9.67. The average molecular weight is 766 g/mol. The maximum absolute atomic E-state index is 13.0. The van der Waals surface area contributed by atoms with E-state index in [0.717, 1.165) is 89.6 Å². The van der Waals surface area contributed by atoms with Crippen LogP contribution < -0.4 is 21.3 Å². The number of aliphatic hydroxyl groups is 1. The Morgan fingerprint density at radius 1 is 0.702 bits per heavy atom. The van der Waals surface area contributed by atoms with Gasteiger partial charge in [-0.1, -0.05) is 34.6 Å².